The minimum Gasteiger partial charge on any atom is -0.373 e. The van der Waals surface area contributed by atoms with Gasteiger partial charge in [-0.1, -0.05) is 12.1 Å². The first-order valence-electron chi connectivity index (χ1n) is 9.18. The summed E-state index contributed by atoms with van der Waals surface area (Å²) < 4.78 is 21.0. The molecule has 0 spiro atoms. The molecule has 3 rings (SSSR count). The molecule has 2 aromatic rings. The Hall–Kier alpha value is -1.72. The molecular formula is C20H28FN3O. The molecule has 0 radical (unpaired) electrons. The zero-order chi connectivity index (χ0) is 17.8. The van der Waals surface area contributed by atoms with Crippen molar-refractivity contribution in [2.75, 3.05) is 13.1 Å². The molecule has 1 aliphatic heterocycles. The summed E-state index contributed by atoms with van der Waals surface area (Å²) in [7, 11) is 0. The maximum Gasteiger partial charge on any atom is 0.123 e. The van der Waals surface area contributed by atoms with Crippen LogP contribution in [0.4, 0.5) is 4.39 Å². The monoisotopic (exact) mass is 345 g/mol. The predicted molar refractivity (Wildman–Crippen MR) is 96.9 cm³/mol. The lowest BCUT2D eigenvalue weighted by Crippen LogP contribution is -2.36. The largest absolute Gasteiger partial charge is 0.373 e. The van der Waals surface area contributed by atoms with Gasteiger partial charge in [0, 0.05) is 37.4 Å². The van der Waals surface area contributed by atoms with Crippen molar-refractivity contribution in [2.24, 2.45) is 0 Å². The zero-order valence-corrected chi connectivity index (χ0v) is 15.5. The third kappa shape index (κ3) is 4.47. The van der Waals surface area contributed by atoms with E-state index in [9.17, 15) is 4.39 Å². The first kappa shape index (κ1) is 18.1. The summed E-state index contributed by atoms with van der Waals surface area (Å²) >= 11 is 0. The number of likely N-dealkylation sites (tertiary alicyclic amines) is 1. The minimum atomic E-state index is -0.200. The summed E-state index contributed by atoms with van der Waals surface area (Å²) in [4.78, 5) is 2.49. The van der Waals surface area contributed by atoms with Crippen molar-refractivity contribution >= 4 is 0 Å². The highest BCUT2D eigenvalue weighted by atomic mass is 19.1. The Morgan fingerprint density at radius 2 is 1.84 bits per heavy atom. The van der Waals surface area contributed by atoms with Crippen molar-refractivity contribution in [3.05, 3.63) is 52.6 Å². The van der Waals surface area contributed by atoms with Crippen molar-refractivity contribution in [2.45, 2.75) is 59.4 Å². The van der Waals surface area contributed by atoms with Gasteiger partial charge < -0.3 is 4.74 Å². The number of ether oxygens (including phenoxy) is 1. The van der Waals surface area contributed by atoms with Crippen molar-refractivity contribution in [3.8, 4) is 0 Å². The molecule has 1 aliphatic rings. The fraction of sp³-hybridized carbons (Fsp3) is 0.550. The average Bonchev–Trinajstić information content (AvgIpc) is 2.90. The molecule has 1 fully saturated rings. The van der Waals surface area contributed by atoms with Crippen LogP contribution in [-0.4, -0.2) is 33.9 Å². The second-order valence-corrected chi connectivity index (χ2v) is 6.88. The molecule has 136 valence electrons. The summed E-state index contributed by atoms with van der Waals surface area (Å²) in [5, 5.41) is 4.62. The average molecular weight is 345 g/mol. The SMILES string of the molecule is CCn1nc(C)c(CN2CCC(OCc3ccc(F)cc3)CC2)c1C. The fourth-order valence-corrected chi connectivity index (χ4v) is 3.52. The van der Waals surface area contributed by atoms with E-state index in [0.717, 1.165) is 50.3 Å². The van der Waals surface area contributed by atoms with Crippen LogP contribution in [-0.2, 0) is 24.4 Å². The number of hydrogen-bond donors (Lipinski definition) is 0. The molecule has 1 saturated heterocycles. The van der Waals surface area contributed by atoms with Gasteiger partial charge in [0.2, 0.25) is 0 Å². The Labute approximate surface area is 149 Å². The predicted octanol–water partition coefficient (Wildman–Crippen LogP) is 3.84. The first-order chi connectivity index (χ1) is 12.1. The maximum atomic E-state index is 12.9. The lowest BCUT2D eigenvalue weighted by atomic mass is 10.1. The lowest BCUT2D eigenvalue weighted by molar-refractivity contribution is -0.00401. The summed E-state index contributed by atoms with van der Waals surface area (Å²) in [5.41, 5.74) is 4.83. The van der Waals surface area contributed by atoms with Gasteiger partial charge in [-0.05, 0) is 51.3 Å². The van der Waals surface area contributed by atoms with Crippen LogP contribution in [0, 0.1) is 19.7 Å². The quantitative estimate of drug-likeness (QED) is 0.797. The van der Waals surface area contributed by atoms with E-state index in [1.54, 1.807) is 12.1 Å². The first-order valence-corrected chi connectivity index (χ1v) is 9.18. The molecular weight excluding hydrogens is 317 g/mol. The van der Waals surface area contributed by atoms with E-state index in [1.807, 2.05) is 0 Å². The number of piperidine rings is 1. The number of aromatic nitrogens is 2. The normalized spacial score (nSPS) is 16.5. The highest BCUT2D eigenvalue weighted by molar-refractivity contribution is 5.24. The van der Waals surface area contributed by atoms with Crippen LogP contribution >= 0.6 is 0 Å². The standard InChI is InChI=1S/C20H28FN3O/c1-4-24-16(3)20(15(2)22-24)13-23-11-9-19(10-12-23)25-14-17-5-7-18(21)8-6-17/h5-8,19H,4,9-14H2,1-3H3. The van der Waals surface area contributed by atoms with Crippen molar-refractivity contribution < 1.29 is 9.13 Å². The number of hydrogen-bond acceptors (Lipinski definition) is 3. The number of nitrogens with zero attached hydrogens (tertiary/aromatic N) is 3. The molecule has 0 saturated carbocycles. The molecule has 0 N–H and O–H groups in total. The van der Waals surface area contributed by atoms with E-state index in [4.69, 9.17) is 4.74 Å². The highest BCUT2D eigenvalue weighted by Crippen LogP contribution is 2.21. The molecule has 1 aromatic carbocycles. The van der Waals surface area contributed by atoms with Gasteiger partial charge >= 0.3 is 0 Å². The van der Waals surface area contributed by atoms with E-state index < -0.39 is 0 Å². The Balaban J connectivity index is 1.47. The lowest BCUT2D eigenvalue weighted by Gasteiger charge is -2.32. The van der Waals surface area contributed by atoms with E-state index in [2.05, 4.69) is 35.5 Å². The molecule has 0 atom stereocenters. The van der Waals surface area contributed by atoms with Crippen molar-refractivity contribution in [1.29, 1.82) is 0 Å². The molecule has 2 heterocycles. The van der Waals surface area contributed by atoms with E-state index in [1.165, 1.54) is 23.4 Å². The Morgan fingerprint density at radius 3 is 2.44 bits per heavy atom. The molecule has 1 aromatic heterocycles. The molecule has 0 aliphatic carbocycles. The maximum absolute atomic E-state index is 12.9. The van der Waals surface area contributed by atoms with Crippen LogP contribution in [0.15, 0.2) is 24.3 Å². The molecule has 4 nitrogen and oxygen atoms in total. The number of rotatable bonds is 6. The topological polar surface area (TPSA) is 30.3 Å². The van der Waals surface area contributed by atoms with Crippen LogP contribution in [0.3, 0.4) is 0 Å². The minimum absolute atomic E-state index is 0.200. The van der Waals surface area contributed by atoms with Gasteiger partial charge in [0.1, 0.15) is 5.82 Å². The van der Waals surface area contributed by atoms with Crippen LogP contribution in [0.5, 0.6) is 0 Å². The summed E-state index contributed by atoms with van der Waals surface area (Å²) in [5.74, 6) is -0.200. The smallest absolute Gasteiger partial charge is 0.123 e. The van der Waals surface area contributed by atoms with Gasteiger partial charge in [0.05, 0.1) is 18.4 Å². The van der Waals surface area contributed by atoms with Gasteiger partial charge in [-0.2, -0.15) is 5.10 Å². The van der Waals surface area contributed by atoms with Crippen LogP contribution in [0.25, 0.3) is 0 Å². The molecule has 0 bridgehead atoms. The van der Waals surface area contributed by atoms with Gasteiger partial charge in [-0.3, -0.25) is 9.58 Å². The zero-order valence-electron chi connectivity index (χ0n) is 15.5. The summed E-state index contributed by atoms with van der Waals surface area (Å²) in [6, 6.07) is 6.56. The Morgan fingerprint density at radius 1 is 1.16 bits per heavy atom. The number of halogens is 1. The fourth-order valence-electron chi connectivity index (χ4n) is 3.52. The van der Waals surface area contributed by atoms with Crippen LogP contribution < -0.4 is 0 Å². The van der Waals surface area contributed by atoms with Crippen LogP contribution in [0.1, 0.15) is 42.3 Å². The number of benzene rings is 1. The van der Waals surface area contributed by atoms with Gasteiger partial charge in [-0.15, -0.1) is 0 Å². The van der Waals surface area contributed by atoms with E-state index in [-0.39, 0.29) is 5.82 Å². The Kier molecular flexibility index (Phi) is 5.86. The van der Waals surface area contributed by atoms with Crippen molar-refractivity contribution in [3.63, 3.8) is 0 Å². The second-order valence-electron chi connectivity index (χ2n) is 6.88. The third-order valence-corrected chi connectivity index (χ3v) is 5.15. The molecule has 25 heavy (non-hydrogen) atoms. The van der Waals surface area contributed by atoms with Gasteiger partial charge in [0.25, 0.3) is 0 Å². The summed E-state index contributed by atoms with van der Waals surface area (Å²) in [6.45, 7) is 11.0. The van der Waals surface area contributed by atoms with Crippen LogP contribution in [0.2, 0.25) is 0 Å². The van der Waals surface area contributed by atoms with E-state index >= 15 is 0 Å². The van der Waals surface area contributed by atoms with Gasteiger partial charge in [0.15, 0.2) is 0 Å². The van der Waals surface area contributed by atoms with Crippen molar-refractivity contribution in [1.82, 2.24) is 14.7 Å². The third-order valence-electron chi connectivity index (χ3n) is 5.15. The number of aryl methyl sites for hydroxylation is 2. The van der Waals surface area contributed by atoms with Gasteiger partial charge in [-0.25, -0.2) is 4.39 Å². The second kappa shape index (κ2) is 8.11. The molecule has 0 amide bonds. The highest BCUT2D eigenvalue weighted by Gasteiger charge is 2.22. The van der Waals surface area contributed by atoms with E-state index in [0.29, 0.717) is 12.7 Å². The summed E-state index contributed by atoms with van der Waals surface area (Å²) in [6.07, 6.45) is 2.38. The molecule has 5 heteroatoms. The Bertz CT molecular complexity index is 688. The molecule has 0 unspecified atom stereocenters.